The van der Waals surface area contributed by atoms with E-state index in [4.69, 9.17) is 20.8 Å². The molecule has 198 valence electrons. The van der Waals surface area contributed by atoms with Gasteiger partial charge in [0.1, 0.15) is 5.75 Å². The second-order valence-electron chi connectivity index (χ2n) is 10.7. The Kier molecular flexibility index (Phi) is 5.79. The van der Waals surface area contributed by atoms with Crippen LogP contribution in [0.3, 0.4) is 0 Å². The number of hydrogen-bond donors (Lipinski definition) is 1. The van der Waals surface area contributed by atoms with Crippen LogP contribution in [-0.4, -0.2) is 46.0 Å². The average molecular weight is 540 g/mol. The molecule has 1 N–H and O–H groups in total. The van der Waals surface area contributed by atoms with Gasteiger partial charge in [-0.05, 0) is 69.6 Å². The van der Waals surface area contributed by atoms with Crippen LogP contribution in [0.1, 0.15) is 85.8 Å². The van der Waals surface area contributed by atoms with Gasteiger partial charge in [-0.25, -0.2) is 0 Å². The van der Waals surface area contributed by atoms with Crippen molar-refractivity contribution >= 4 is 23.3 Å². The molecule has 4 saturated carbocycles. The fourth-order valence-electron chi connectivity index (χ4n) is 6.14. The summed E-state index contributed by atoms with van der Waals surface area (Å²) in [6.07, 6.45) is -1.67. The molecule has 0 unspecified atom stereocenters. The van der Waals surface area contributed by atoms with Crippen LogP contribution >= 0.6 is 11.6 Å². The molecule has 1 amide bonds. The zero-order chi connectivity index (χ0) is 26.0. The van der Waals surface area contributed by atoms with E-state index < -0.39 is 18.6 Å². The van der Waals surface area contributed by atoms with Gasteiger partial charge in [-0.15, -0.1) is 23.4 Å². The highest BCUT2D eigenvalue weighted by atomic mass is 35.5. The lowest BCUT2D eigenvalue weighted by atomic mass is 9.57. The first-order valence-corrected chi connectivity index (χ1v) is 12.8. The van der Waals surface area contributed by atoms with Gasteiger partial charge in [-0.2, -0.15) is 0 Å². The lowest BCUT2D eigenvalue weighted by Gasteiger charge is -2.52. The number of Topliss-reactive ketones (excluding diaryl/α,β-unsaturated/α-hetero) is 1. The summed E-state index contributed by atoms with van der Waals surface area (Å²) < 4.78 is 53.0. The van der Waals surface area contributed by atoms with Crippen LogP contribution < -0.4 is 10.1 Å². The summed E-state index contributed by atoms with van der Waals surface area (Å²) in [5.41, 5.74) is -0.289. The highest BCUT2D eigenvalue weighted by molar-refractivity contribution is 6.31. The number of alkyl halides is 3. The van der Waals surface area contributed by atoms with Gasteiger partial charge in [0, 0.05) is 21.9 Å². The number of hydrogen-bond acceptors (Lipinski definition) is 7. The molecule has 12 heteroatoms. The van der Waals surface area contributed by atoms with Crippen molar-refractivity contribution in [1.82, 2.24) is 15.5 Å². The SMILES string of the molecule is O=C1C[C@@H](C(=O)NC23CCC(c4nnc(C5CC(OC(F)(F)F)C5)o4)(CC2)CC3)Oc2ccc(Cl)cc21. The molecule has 1 aromatic heterocycles. The quantitative estimate of drug-likeness (QED) is 0.570. The molecule has 0 spiro atoms. The van der Waals surface area contributed by atoms with Crippen LogP contribution in [-0.2, 0) is 14.9 Å². The van der Waals surface area contributed by atoms with E-state index in [1.165, 1.54) is 0 Å². The summed E-state index contributed by atoms with van der Waals surface area (Å²) >= 11 is 5.98. The van der Waals surface area contributed by atoms with E-state index in [9.17, 15) is 22.8 Å². The van der Waals surface area contributed by atoms with Gasteiger partial charge in [0.2, 0.25) is 11.8 Å². The lowest BCUT2D eigenvalue weighted by Crippen LogP contribution is -2.60. The Balaban J connectivity index is 1.06. The van der Waals surface area contributed by atoms with Crippen LogP contribution in [0.5, 0.6) is 5.75 Å². The van der Waals surface area contributed by atoms with Crippen molar-refractivity contribution in [2.24, 2.45) is 0 Å². The number of nitrogens with zero attached hydrogens (tertiary/aromatic N) is 2. The molecule has 5 aliphatic rings. The zero-order valence-corrected chi connectivity index (χ0v) is 20.5. The van der Waals surface area contributed by atoms with Crippen LogP contribution in [0.25, 0.3) is 0 Å². The molecular weight excluding hydrogens is 515 g/mol. The number of benzene rings is 1. The van der Waals surface area contributed by atoms with Crippen molar-refractivity contribution in [2.45, 2.75) is 93.2 Å². The number of ether oxygens (including phenoxy) is 2. The third-order valence-electron chi connectivity index (χ3n) is 8.45. The zero-order valence-electron chi connectivity index (χ0n) is 19.8. The van der Waals surface area contributed by atoms with Crippen LogP contribution in [0, 0.1) is 0 Å². The van der Waals surface area contributed by atoms with Gasteiger partial charge in [-0.1, -0.05) is 11.6 Å². The molecule has 2 aromatic rings. The first-order valence-electron chi connectivity index (χ1n) is 12.4. The van der Waals surface area contributed by atoms with Crippen LogP contribution in [0.2, 0.25) is 5.02 Å². The summed E-state index contributed by atoms with van der Waals surface area (Å²) in [5, 5.41) is 12.0. The van der Waals surface area contributed by atoms with Gasteiger partial charge in [0.15, 0.2) is 11.9 Å². The fraction of sp³-hybridized carbons (Fsp3) is 0.600. The van der Waals surface area contributed by atoms with Crippen molar-refractivity contribution < 1.29 is 36.7 Å². The number of rotatable bonds is 5. The fourth-order valence-corrected chi connectivity index (χ4v) is 6.32. The minimum atomic E-state index is -4.64. The number of carbonyl (C=O) groups excluding carboxylic acids is 2. The number of amides is 1. The predicted octanol–water partition coefficient (Wildman–Crippen LogP) is 5.00. The molecule has 0 radical (unpaired) electrons. The van der Waals surface area contributed by atoms with E-state index in [2.05, 4.69) is 20.3 Å². The largest absolute Gasteiger partial charge is 0.522 e. The van der Waals surface area contributed by atoms with Gasteiger partial charge in [-0.3, -0.25) is 14.3 Å². The van der Waals surface area contributed by atoms with Gasteiger partial charge < -0.3 is 14.5 Å². The second kappa shape index (κ2) is 8.69. The van der Waals surface area contributed by atoms with Gasteiger partial charge in [0.25, 0.3) is 5.91 Å². The summed E-state index contributed by atoms with van der Waals surface area (Å²) in [7, 11) is 0. The number of ketones is 1. The summed E-state index contributed by atoms with van der Waals surface area (Å²) in [4.78, 5) is 25.7. The van der Waals surface area contributed by atoms with E-state index in [0.717, 1.165) is 19.3 Å². The Morgan fingerprint density at radius 3 is 2.49 bits per heavy atom. The molecule has 1 aliphatic heterocycles. The van der Waals surface area contributed by atoms with Crippen molar-refractivity contribution in [3.8, 4) is 5.75 Å². The normalized spacial score (nSPS) is 32.9. The average Bonchev–Trinajstić information content (AvgIpc) is 3.32. The number of fused-ring (bicyclic) bond motifs is 4. The first kappa shape index (κ1) is 24.7. The summed E-state index contributed by atoms with van der Waals surface area (Å²) in [6, 6.07) is 4.78. The molecule has 37 heavy (non-hydrogen) atoms. The van der Waals surface area contributed by atoms with Crippen molar-refractivity contribution in [3.05, 3.63) is 40.6 Å². The Hall–Kier alpha value is -2.66. The molecule has 1 atom stereocenters. The lowest BCUT2D eigenvalue weighted by molar-refractivity contribution is -0.352. The topological polar surface area (TPSA) is 104 Å². The van der Waals surface area contributed by atoms with Crippen LogP contribution in [0.15, 0.2) is 22.6 Å². The van der Waals surface area contributed by atoms with E-state index >= 15 is 0 Å². The molecule has 2 heterocycles. The standard InChI is InChI=1S/C25H25ClF3N3O5/c26-14-1-2-18-16(11-14)17(33)12-19(35-18)20(34)30-24-6-3-23(4-7-24,5-8-24)22-32-31-21(36-22)13-9-15(10-13)37-25(27,28)29/h1-2,11,13,15,19H,3-10,12H2,(H,30,34)/t13?,15?,19-,23?,24?/m0/s1. The minimum absolute atomic E-state index is 0.0417. The Morgan fingerprint density at radius 2 is 1.81 bits per heavy atom. The van der Waals surface area contributed by atoms with E-state index in [-0.39, 0.29) is 47.8 Å². The highest BCUT2D eigenvalue weighted by Gasteiger charge is 2.53. The molecule has 4 fully saturated rings. The number of carbonyl (C=O) groups is 2. The Labute approximate surface area is 215 Å². The number of nitrogens with one attached hydrogen (secondary N) is 1. The molecule has 2 bridgehead atoms. The molecule has 7 rings (SSSR count). The Bertz CT molecular complexity index is 1220. The number of aromatic nitrogens is 2. The van der Waals surface area contributed by atoms with E-state index in [1.807, 2.05) is 0 Å². The highest BCUT2D eigenvalue weighted by Crippen LogP contribution is 2.54. The van der Waals surface area contributed by atoms with E-state index in [0.29, 0.717) is 47.4 Å². The third kappa shape index (κ3) is 4.60. The molecule has 0 saturated heterocycles. The smallest absolute Gasteiger partial charge is 0.479 e. The number of halogens is 4. The van der Waals surface area contributed by atoms with Crippen molar-refractivity contribution in [1.29, 1.82) is 0 Å². The molecule has 4 aliphatic carbocycles. The maximum absolute atomic E-state index is 13.1. The maximum atomic E-state index is 13.1. The van der Waals surface area contributed by atoms with Crippen molar-refractivity contribution in [2.75, 3.05) is 0 Å². The first-order chi connectivity index (χ1) is 17.5. The predicted molar refractivity (Wildman–Crippen MR) is 122 cm³/mol. The van der Waals surface area contributed by atoms with Crippen molar-refractivity contribution in [3.63, 3.8) is 0 Å². The Morgan fingerprint density at radius 1 is 1.11 bits per heavy atom. The molecular formula is C25H25ClF3N3O5. The van der Waals surface area contributed by atoms with Gasteiger partial charge >= 0.3 is 6.36 Å². The summed E-state index contributed by atoms with van der Waals surface area (Å²) in [5.74, 6) is 0.544. The van der Waals surface area contributed by atoms with Gasteiger partial charge in [0.05, 0.1) is 18.1 Å². The second-order valence-corrected chi connectivity index (χ2v) is 11.2. The minimum Gasteiger partial charge on any atom is -0.479 e. The molecule has 8 nitrogen and oxygen atoms in total. The monoisotopic (exact) mass is 539 g/mol. The van der Waals surface area contributed by atoms with E-state index in [1.54, 1.807) is 18.2 Å². The maximum Gasteiger partial charge on any atom is 0.522 e. The summed E-state index contributed by atoms with van der Waals surface area (Å²) in [6.45, 7) is 0. The van der Waals surface area contributed by atoms with Crippen LogP contribution in [0.4, 0.5) is 13.2 Å². The third-order valence-corrected chi connectivity index (χ3v) is 8.68. The molecule has 1 aromatic carbocycles.